The second-order valence-electron chi connectivity index (χ2n) is 11.0. The zero-order valence-corrected chi connectivity index (χ0v) is 20.0. The summed E-state index contributed by atoms with van der Waals surface area (Å²) in [5.41, 5.74) is 5.30. The second kappa shape index (κ2) is 8.40. The Morgan fingerprint density at radius 1 is 0.771 bits per heavy atom. The number of benzene rings is 2. The van der Waals surface area contributed by atoms with E-state index in [1.165, 1.54) is 32.1 Å². The van der Waals surface area contributed by atoms with E-state index in [1.54, 1.807) is 0 Å². The fourth-order valence-corrected chi connectivity index (χ4v) is 7.57. The van der Waals surface area contributed by atoms with Crippen molar-refractivity contribution in [1.82, 2.24) is 10.3 Å². The summed E-state index contributed by atoms with van der Waals surface area (Å²) in [4.78, 5) is 22.3. The van der Waals surface area contributed by atoms with E-state index in [2.05, 4.69) is 57.7 Å². The first-order valence-electron chi connectivity index (χ1n) is 13.2. The van der Waals surface area contributed by atoms with Gasteiger partial charge in [0.2, 0.25) is 0 Å². The maximum Gasteiger partial charge on any atom is 0.322 e. The van der Waals surface area contributed by atoms with Crippen molar-refractivity contribution < 1.29 is 4.79 Å². The summed E-state index contributed by atoms with van der Waals surface area (Å²) >= 11 is 0. The van der Waals surface area contributed by atoms with Crippen LogP contribution >= 0.6 is 0 Å². The molecule has 35 heavy (non-hydrogen) atoms. The Kier molecular flexibility index (Phi) is 5.04. The van der Waals surface area contributed by atoms with Crippen molar-refractivity contribution >= 4 is 23.1 Å². The molecule has 2 aromatic carbocycles. The zero-order chi connectivity index (χ0) is 23.4. The number of para-hydroxylation sites is 2. The Morgan fingerprint density at radius 2 is 1.46 bits per heavy atom. The van der Waals surface area contributed by atoms with Gasteiger partial charge < -0.3 is 10.2 Å². The number of fused-ring (bicyclic) bond motifs is 1. The molecule has 1 aliphatic heterocycles. The van der Waals surface area contributed by atoms with E-state index in [0.29, 0.717) is 24.4 Å². The van der Waals surface area contributed by atoms with Crippen molar-refractivity contribution in [2.24, 2.45) is 23.7 Å². The van der Waals surface area contributed by atoms with Gasteiger partial charge in [0.05, 0.1) is 17.1 Å². The molecule has 1 aromatic heterocycles. The van der Waals surface area contributed by atoms with Crippen LogP contribution in [0.5, 0.6) is 0 Å². The molecule has 5 aliphatic rings. The van der Waals surface area contributed by atoms with E-state index in [0.717, 1.165) is 46.7 Å². The minimum absolute atomic E-state index is 0.0834. The molecule has 0 saturated heterocycles. The summed E-state index contributed by atoms with van der Waals surface area (Å²) in [5.74, 6) is 3.20. The van der Waals surface area contributed by atoms with Crippen LogP contribution < -0.4 is 15.1 Å². The van der Waals surface area contributed by atoms with E-state index < -0.39 is 0 Å². The van der Waals surface area contributed by atoms with Gasteiger partial charge in [-0.1, -0.05) is 30.3 Å². The molecular formula is C30H32N4O. The quantitative estimate of drug-likeness (QED) is 0.499. The second-order valence-corrected chi connectivity index (χ2v) is 11.0. The summed E-state index contributed by atoms with van der Waals surface area (Å²) in [7, 11) is 0. The molecule has 4 fully saturated rings. The summed E-state index contributed by atoms with van der Waals surface area (Å²) in [5, 5.41) is 3.51. The smallest absolute Gasteiger partial charge is 0.322 e. The molecule has 5 heteroatoms. The number of rotatable bonds is 3. The Balaban J connectivity index is 1.11. The Hall–Kier alpha value is -3.34. The maximum absolute atomic E-state index is 13.6. The van der Waals surface area contributed by atoms with E-state index >= 15 is 0 Å². The predicted molar refractivity (Wildman–Crippen MR) is 140 cm³/mol. The number of carbonyl (C=O) groups excluding carboxylic acids is 1. The summed E-state index contributed by atoms with van der Waals surface area (Å²) < 4.78 is 0. The van der Waals surface area contributed by atoms with Crippen molar-refractivity contribution in [2.45, 2.75) is 38.1 Å². The van der Waals surface area contributed by atoms with Gasteiger partial charge in [0.25, 0.3) is 0 Å². The van der Waals surface area contributed by atoms with Gasteiger partial charge in [-0.05, 0) is 92.2 Å². The fraction of sp³-hybridized carbons (Fsp3) is 0.400. The molecule has 0 unspecified atom stereocenters. The first-order valence-corrected chi connectivity index (χ1v) is 13.2. The van der Waals surface area contributed by atoms with Crippen LogP contribution in [0.2, 0.25) is 0 Å². The molecule has 4 saturated carbocycles. The molecule has 5 nitrogen and oxygen atoms in total. The summed E-state index contributed by atoms with van der Waals surface area (Å²) in [6, 6.07) is 23.3. The highest BCUT2D eigenvalue weighted by Crippen LogP contribution is 2.53. The van der Waals surface area contributed by atoms with Crippen molar-refractivity contribution in [2.75, 3.05) is 22.9 Å². The Bertz CT molecular complexity index is 1200. The molecule has 2 amide bonds. The molecule has 2 heterocycles. The van der Waals surface area contributed by atoms with Gasteiger partial charge in [-0.25, -0.2) is 4.79 Å². The third-order valence-electron chi connectivity index (χ3n) is 8.91. The molecule has 0 spiro atoms. The molecule has 8 rings (SSSR count). The number of hydrogen-bond donors (Lipinski definition) is 1. The minimum Gasteiger partial charge on any atom is -0.338 e. The molecule has 3 aromatic rings. The largest absolute Gasteiger partial charge is 0.338 e. The van der Waals surface area contributed by atoms with Crippen LogP contribution in [0.15, 0.2) is 72.9 Å². The number of hydrogen-bond acceptors (Lipinski definition) is 3. The molecule has 178 valence electrons. The first kappa shape index (κ1) is 21.0. The lowest BCUT2D eigenvalue weighted by atomic mass is 9.54. The Labute approximate surface area is 207 Å². The average Bonchev–Trinajstić information content (AvgIpc) is 2.90. The standard InChI is InChI=1S/C30H32N4O/c35-30(32-29-23-16-20-15-21(18-23)19-24(29)17-20)34-14-13-33(27-6-1-2-7-28(27)34)25-10-8-22(9-11-25)26-5-3-4-12-31-26/h1-12,20-21,23-24,29H,13-19H2,(H,32,35). The van der Waals surface area contributed by atoms with Crippen molar-refractivity contribution in [3.05, 3.63) is 72.9 Å². The van der Waals surface area contributed by atoms with Gasteiger partial charge in [0.1, 0.15) is 0 Å². The van der Waals surface area contributed by atoms with Gasteiger partial charge >= 0.3 is 6.03 Å². The molecule has 1 N–H and O–H groups in total. The number of urea groups is 1. The Morgan fingerprint density at radius 3 is 2.14 bits per heavy atom. The number of anilines is 3. The van der Waals surface area contributed by atoms with Crippen LogP contribution in [0.4, 0.5) is 21.9 Å². The lowest BCUT2D eigenvalue weighted by molar-refractivity contribution is -0.00911. The number of aromatic nitrogens is 1. The molecule has 0 radical (unpaired) electrons. The van der Waals surface area contributed by atoms with Crippen molar-refractivity contribution in [3.8, 4) is 11.3 Å². The van der Waals surface area contributed by atoms with Gasteiger partial charge in [-0.2, -0.15) is 0 Å². The highest BCUT2D eigenvalue weighted by Gasteiger charge is 2.49. The van der Waals surface area contributed by atoms with Crippen LogP contribution in [-0.4, -0.2) is 30.1 Å². The highest BCUT2D eigenvalue weighted by molar-refractivity contribution is 5.98. The molecular weight excluding hydrogens is 432 g/mol. The van der Waals surface area contributed by atoms with E-state index in [9.17, 15) is 4.79 Å². The molecule has 4 bridgehead atoms. The number of pyridine rings is 1. The average molecular weight is 465 g/mol. The molecule has 4 aliphatic carbocycles. The highest BCUT2D eigenvalue weighted by atomic mass is 16.2. The van der Waals surface area contributed by atoms with Gasteiger partial charge in [-0.3, -0.25) is 9.88 Å². The fourth-order valence-electron chi connectivity index (χ4n) is 7.57. The van der Waals surface area contributed by atoms with Crippen molar-refractivity contribution in [3.63, 3.8) is 0 Å². The lowest BCUT2D eigenvalue weighted by Gasteiger charge is -2.54. The predicted octanol–water partition coefficient (Wildman–Crippen LogP) is 6.24. The van der Waals surface area contributed by atoms with Crippen LogP contribution in [0.1, 0.15) is 32.1 Å². The third kappa shape index (κ3) is 3.69. The van der Waals surface area contributed by atoms with Crippen LogP contribution in [-0.2, 0) is 0 Å². The van der Waals surface area contributed by atoms with E-state index in [-0.39, 0.29) is 6.03 Å². The topological polar surface area (TPSA) is 48.5 Å². The third-order valence-corrected chi connectivity index (χ3v) is 8.91. The first-order chi connectivity index (χ1) is 17.2. The minimum atomic E-state index is 0.0834. The SMILES string of the molecule is O=C(NC1C2CC3CC(C2)CC1C3)N1CCN(c2ccc(-c3ccccn3)cc2)c2ccccc21. The van der Waals surface area contributed by atoms with Crippen molar-refractivity contribution in [1.29, 1.82) is 0 Å². The number of nitrogens with one attached hydrogen (secondary N) is 1. The number of amides is 2. The monoisotopic (exact) mass is 464 g/mol. The lowest BCUT2D eigenvalue weighted by Crippen LogP contribution is -2.59. The van der Waals surface area contributed by atoms with Crippen LogP contribution in [0.25, 0.3) is 11.3 Å². The van der Waals surface area contributed by atoms with E-state index in [1.807, 2.05) is 35.4 Å². The normalized spacial score (nSPS) is 28.6. The number of carbonyl (C=O) groups is 1. The van der Waals surface area contributed by atoms with Crippen LogP contribution in [0, 0.1) is 23.7 Å². The van der Waals surface area contributed by atoms with Gasteiger partial charge in [0.15, 0.2) is 0 Å². The summed E-state index contributed by atoms with van der Waals surface area (Å²) in [6.45, 7) is 1.45. The van der Waals surface area contributed by atoms with Crippen LogP contribution in [0.3, 0.4) is 0 Å². The maximum atomic E-state index is 13.6. The zero-order valence-electron chi connectivity index (χ0n) is 20.0. The van der Waals surface area contributed by atoms with E-state index in [4.69, 9.17) is 0 Å². The van der Waals surface area contributed by atoms with Gasteiger partial charge in [0, 0.05) is 36.6 Å². The van der Waals surface area contributed by atoms with Gasteiger partial charge in [-0.15, -0.1) is 0 Å². The summed E-state index contributed by atoms with van der Waals surface area (Å²) in [6.07, 6.45) is 8.53. The molecule has 0 atom stereocenters. The number of nitrogens with zero attached hydrogens (tertiary/aromatic N) is 3.